The minimum atomic E-state index is -1.02. The van der Waals surface area contributed by atoms with Gasteiger partial charge in [-0.1, -0.05) is 21.1 Å². The van der Waals surface area contributed by atoms with Crippen molar-refractivity contribution in [3.8, 4) is 5.75 Å². The van der Waals surface area contributed by atoms with E-state index in [2.05, 4.69) is 30.6 Å². The van der Waals surface area contributed by atoms with Crippen molar-refractivity contribution in [2.45, 2.75) is 6.61 Å². The molecule has 0 atom stereocenters. The van der Waals surface area contributed by atoms with E-state index in [9.17, 15) is 4.79 Å². The normalized spacial score (nSPS) is 10.8. The maximum atomic E-state index is 10.5. The minimum absolute atomic E-state index is 0.145. The largest absolute Gasteiger partial charge is 0.485 e. The Hall–Kier alpha value is -2.15. The summed E-state index contributed by atoms with van der Waals surface area (Å²) >= 11 is 3.32. The Morgan fingerprint density at radius 1 is 1.53 bits per heavy atom. The first-order valence-electron chi connectivity index (χ1n) is 5.24. The molecule has 0 unspecified atom stereocenters. The molecule has 2 rings (SSSR count). The minimum Gasteiger partial charge on any atom is -0.485 e. The second kappa shape index (κ2) is 6.14. The molecule has 1 aromatic heterocycles. The Bertz CT molecular complexity index is 596. The van der Waals surface area contributed by atoms with Crippen molar-refractivity contribution in [3.63, 3.8) is 0 Å². The molecular weight excluding hydrogens is 316 g/mol. The van der Waals surface area contributed by atoms with Gasteiger partial charge in [0, 0.05) is 16.1 Å². The van der Waals surface area contributed by atoms with Gasteiger partial charge in [-0.2, -0.15) is 4.98 Å². The number of nitrogens with zero attached hydrogens (tertiary/aromatic N) is 2. The van der Waals surface area contributed by atoms with E-state index in [0.717, 1.165) is 10.5 Å². The first-order valence-corrected chi connectivity index (χ1v) is 6.03. The van der Waals surface area contributed by atoms with Crippen LogP contribution >= 0.6 is 15.9 Å². The van der Waals surface area contributed by atoms with Crippen LogP contribution in [-0.2, 0) is 11.4 Å². The molecule has 2 aromatic rings. The number of carboxylic acid groups (broad SMARTS) is 1. The van der Waals surface area contributed by atoms with E-state index in [0.29, 0.717) is 17.1 Å². The van der Waals surface area contributed by atoms with Crippen LogP contribution in [0.4, 0.5) is 0 Å². The van der Waals surface area contributed by atoms with Gasteiger partial charge in [-0.05, 0) is 24.3 Å². The van der Waals surface area contributed by atoms with E-state index in [1.165, 1.54) is 12.5 Å². The standard InChI is InChI=1S/C12H9BrN2O4/c13-9-2-3-10(8(5-9)1-4-12(16)17)18-6-11-14-7-19-15-11/h1-5,7H,6H2,(H,16,17)/b4-1+. The fraction of sp³-hybridized carbons (Fsp3) is 0.0833. The number of ether oxygens (including phenoxy) is 1. The predicted molar refractivity (Wildman–Crippen MR) is 69.4 cm³/mol. The number of hydrogen-bond donors (Lipinski definition) is 1. The van der Waals surface area contributed by atoms with Crippen molar-refractivity contribution in [1.82, 2.24) is 10.1 Å². The highest BCUT2D eigenvalue weighted by molar-refractivity contribution is 9.10. The molecule has 7 heteroatoms. The van der Waals surface area contributed by atoms with Crippen molar-refractivity contribution >= 4 is 28.0 Å². The lowest BCUT2D eigenvalue weighted by Gasteiger charge is -2.07. The van der Waals surface area contributed by atoms with Crippen LogP contribution in [-0.4, -0.2) is 21.2 Å². The number of aliphatic carboxylic acids is 1. The summed E-state index contributed by atoms with van der Waals surface area (Å²) < 4.78 is 10.9. The molecule has 0 aliphatic rings. The second-order valence-electron chi connectivity index (χ2n) is 3.49. The lowest BCUT2D eigenvalue weighted by Crippen LogP contribution is -1.99. The summed E-state index contributed by atoms with van der Waals surface area (Å²) in [5, 5.41) is 12.3. The van der Waals surface area contributed by atoms with Crippen LogP contribution in [0, 0.1) is 0 Å². The maximum Gasteiger partial charge on any atom is 0.328 e. The third-order valence-corrected chi connectivity index (χ3v) is 2.63. The van der Waals surface area contributed by atoms with E-state index >= 15 is 0 Å². The summed E-state index contributed by atoms with van der Waals surface area (Å²) in [5.74, 6) is -0.0781. The van der Waals surface area contributed by atoms with Crippen LogP contribution in [0.3, 0.4) is 0 Å². The number of benzene rings is 1. The molecule has 0 fully saturated rings. The second-order valence-corrected chi connectivity index (χ2v) is 4.41. The average molecular weight is 325 g/mol. The summed E-state index contributed by atoms with van der Waals surface area (Å²) in [4.78, 5) is 14.4. The van der Waals surface area contributed by atoms with Crippen LogP contribution in [0.1, 0.15) is 11.4 Å². The van der Waals surface area contributed by atoms with Crippen LogP contribution in [0.2, 0.25) is 0 Å². The lowest BCUT2D eigenvalue weighted by atomic mass is 10.2. The molecule has 1 heterocycles. The number of aromatic nitrogens is 2. The molecule has 98 valence electrons. The SMILES string of the molecule is O=C(O)/C=C/c1cc(Br)ccc1OCc1ncon1. The Morgan fingerprint density at radius 3 is 3.05 bits per heavy atom. The van der Waals surface area contributed by atoms with Gasteiger partial charge in [-0.3, -0.25) is 0 Å². The zero-order valence-electron chi connectivity index (χ0n) is 9.62. The van der Waals surface area contributed by atoms with Crippen molar-refractivity contribution in [1.29, 1.82) is 0 Å². The van der Waals surface area contributed by atoms with Crippen molar-refractivity contribution < 1.29 is 19.2 Å². The highest BCUT2D eigenvalue weighted by Crippen LogP contribution is 2.25. The van der Waals surface area contributed by atoms with Gasteiger partial charge in [-0.25, -0.2) is 4.79 Å². The van der Waals surface area contributed by atoms with Crippen molar-refractivity contribution in [2.75, 3.05) is 0 Å². The molecule has 0 spiro atoms. The topological polar surface area (TPSA) is 85.5 Å². The number of carbonyl (C=O) groups is 1. The summed E-state index contributed by atoms with van der Waals surface area (Å²) in [6, 6.07) is 5.28. The molecule has 19 heavy (non-hydrogen) atoms. The Kier molecular flexibility index (Phi) is 4.30. The number of rotatable bonds is 5. The van der Waals surface area contributed by atoms with Crippen LogP contribution in [0.5, 0.6) is 5.75 Å². The van der Waals surface area contributed by atoms with Crippen LogP contribution in [0.25, 0.3) is 6.08 Å². The van der Waals surface area contributed by atoms with Gasteiger partial charge in [-0.15, -0.1) is 0 Å². The lowest BCUT2D eigenvalue weighted by molar-refractivity contribution is -0.131. The molecule has 6 nitrogen and oxygen atoms in total. The van der Waals surface area contributed by atoms with Crippen LogP contribution < -0.4 is 4.74 Å². The smallest absolute Gasteiger partial charge is 0.328 e. The number of carboxylic acids is 1. The van der Waals surface area contributed by atoms with Crippen LogP contribution in [0.15, 0.2) is 39.7 Å². The van der Waals surface area contributed by atoms with Gasteiger partial charge in [0.15, 0.2) is 6.61 Å². The molecule has 1 aromatic carbocycles. The molecule has 0 amide bonds. The van der Waals surface area contributed by atoms with Gasteiger partial charge >= 0.3 is 5.97 Å². The van der Waals surface area contributed by atoms with E-state index in [1.807, 2.05) is 0 Å². The number of hydrogen-bond acceptors (Lipinski definition) is 5. The van der Waals surface area contributed by atoms with E-state index in [4.69, 9.17) is 9.84 Å². The van der Waals surface area contributed by atoms with Gasteiger partial charge in [0.05, 0.1) is 0 Å². The number of halogens is 1. The third-order valence-electron chi connectivity index (χ3n) is 2.14. The predicted octanol–water partition coefficient (Wildman–Crippen LogP) is 2.51. The third kappa shape index (κ3) is 3.92. The van der Waals surface area contributed by atoms with Gasteiger partial charge < -0.3 is 14.4 Å². The summed E-state index contributed by atoms with van der Waals surface area (Å²) in [6.45, 7) is 0.145. The quantitative estimate of drug-likeness (QED) is 0.850. The molecule has 0 aliphatic carbocycles. The van der Waals surface area contributed by atoms with E-state index < -0.39 is 5.97 Å². The summed E-state index contributed by atoms with van der Waals surface area (Å²) in [7, 11) is 0. The first kappa shape index (κ1) is 13.3. The maximum absolute atomic E-state index is 10.5. The summed E-state index contributed by atoms with van der Waals surface area (Å²) in [5.41, 5.74) is 0.639. The van der Waals surface area contributed by atoms with Gasteiger partial charge in [0.2, 0.25) is 12.2 Å². The Balaban J connectivity index is 2.16. The molecule has 0 aliphatic heterocycles. The molecule has 0 saturated carbocycles. The van der Waals surface area contributed by atoms with Crippen molar-refractivity contribution in [3.05, 3.63) is 46.5 Å². The van der Waals surface area contributed by atoms with E-state index in [-0.39, 0.29) is 6.61 Å². The zero-order chi connectivity index (χ0) is 13.7. The molecule has 0 radical (unpaired) electrons. The fourth-order valence-corrected chi connectivity index (χ4v) is 1.72. The Morgan fingerprint density at radius 2 is 2.37 bits per heavy atom. The highest BCUT2D eigenvalue weighted by atomic mass is 79.9. The monoisotopic (exact) mass is 324 g/mol. The first-order chi connectivity index (χ1) is 9.15. The van der Waals surface area contributed by atoms with Gasteiger partial charge in [0.1, 0.15) is 5.75 Å². The molecule has 1 N–H and O–H groups in total. The highest BCUT2D eigenvalue weighted by Gasteiger charge is 2.05. The summed E-state index contributed by atoms with van der Waals surface area (Å²) in [6.07, 6.45) is 3.72. The molecule has 0 saturated heterocycles. The fourth-order valence-electron chi connectivity index (χ4n) is 1.34. The average Bonchev–Trinajstić information content (AvgIpc) is 2.88. The molecule has 0 bridgehead atoms. The van der Waals surface area contributed by atoms with Crippen molar-refractivity contribution in [2.24, 2.45) is 0 Å². The zero-order valence-corrected chi connectivity index (χ0v) is 11.2. The Labute approximate surface area is 116 Å². The van der Waals surface area contributed by atoms with E-state index in [1.54, 1.807) is 18.2 Å². The van der Waals surface area contributed by atoms with Gasteiger partial charge in [0.25, 0.3) is 0 Å². The molecular formula is C12H9BrN2O4.